The van der Waals surface area contributed by atoms with Crippen LogP contribution < -0.4 is 4.90 Å². The number of aliphatic carboxylic acids is 1. The van der Waals surface area contributed by atoms with Gasteiger partial charge < -0.3 is 10.0 Å². The van der Waals surface area contributed by atoms with Crippen molar-refractivity contribution >= 4 is 11.7 Å². The minimum absolute atomic E-state index is 0.192. The molecule has 1 N–H and O–H groups in total. The fraction of sp³-hybridized carbons (Fsp3) is 0.400. The number of carboxylic acids is 1. The Hall–Kier alpha value is -1.88. The van der Waals surface area contributed by atoms with Crippen LogP contribution in [-0.4, -0.2) is 48.7 Å². The molecular weight excluding hydrogens is 259 g/mol. The first-order valence-electron chi connectivity index (χ1n) is 6.68. The zero-order chi connectivity index (χ0) is 14.5. The Bertz CT molecular complexity index is 508. The standard InChI is InChI=1S/C15H19FN2O2/c1-12(10-15(19)20)11-17-6-8-18(9-7-17)14-5-3-2-4-13(14)16/h2-5,10H,6-9,11H2,1H3,(H,19,20). The highest BCUT2D eigenvalue weighted by atomic mass is 19.1. The van der Waals surface area contributed by atoms with E-state index in [0.717, 1.165) is 31.8 Å². The van der Waals surface area contributed by atoms with Crippen LogP contribution in [0.5, 0.6) is 0 Å². The normalized spacial score (nSPS) is 17.3. The predicted molar refractivity (Wildman–Crippen MR) is 76.4 cm³/mol. The van der Waals surface area contributed by atoms with E-state index in [4.69, 9.17) is 5.11 Å². The van der Waals surface area contributed by atoms with Gasteiger partial charge in [0.25, 0.3) is 0 Å². The SMILES string of the molecule is CC(=CC(=O)O)CN1CCN(c2ccccc2F)CC1. The number of benzene rings is 1. The van der Waals surface area contributed by atoms with Gasteiger partial charge in [0.2, 0.25) is 0 Å². The summed E-state index contributed by atoms with van der Waals surface area (Å²) in [6.45, 7) is 5.58. The molecule has 0 spiro atoms. The Kier molecular flexibility index (Phi) is 4.74. The molecule has 1 saturated heterocycles. The van der Waals surface area contributed by atoms with Crippen molar-refractivity contribution in [2.75, 3.05) is 37.6 Å². The Morgan fingerprint density at radius 2 is 1.95 bits per heavy atom. The smallest absolute Gasteiger partial charge is 0.328 e. The van der Waals surface area contributed by atoms with E-state index in [1.54, 1.807) is 12.1 Å². The van der Waals surface area contributed by atoms with Crippen molar-refractivity contribution in [1.29, 1.82) is 0 Å². The lowest BCUT2D eigenvalue weighted by Gasteiger charge is -2.36. The molecule has 5 heteroatoms. The molecule has 1 heterocycles. The van der Waals surface area contributed by atoms with Crippen LogP contribution in [0.2, 0.25) is 0 Å². The number of rotatable bonds is 4. The number of carboxylic acid groups (broad SMARTS) is 1. The summed E-state index contributed by atoms with van der Waals surface area (Å²) in [5, 5.41) is 8.69. The molecule has 2 rings (SSSR count). The molecule has 0 bridgehead atoms. The molecule has 0 aromatic heterocycles. The van der Waals surface area contributed by atoms with E-state index in [9.17, 15) is 9.18 Å². The molecule has 108 valence electrons. The Morgan fingerprint density at radius 3 is 2.55 bits per heavy atom. The number of hydrogen-bond donors (Lipinski definition) is 1. The van der Waals surface area contributed by atoms with Gasteiger partial charge in [-0.05, 0) is 19.1 Å². The van der Waals surface area contributed by atoms with E-state index in [-0.39, 0.29) is 5.82 Å². The van der Waals surface area contributed by atoms with E-state index in [0.29, 0.717) is 12.2 Å². The van der Waals surface area contributed by atoms with Crippen LogP contribution in [0, 0.1) is 5.82 Å². The Morgan fingerprint density at radius 1 is 1.30 bits per heavy atom. The second-order valence-corrected chi connectivity index (χ2v) is 5.04. The molecule has 1 aliphatic heterocycles. The lowest BCUT2D eigenvalue weighted by atomic mass is 10.2. The van der Waals surface area contributed by atoms with Crippen molar-refractivity contribution in [3.05, 3.63) is 41.7 Å². The summed E-state index contributed by atoms with van der Waals surface area (Å²) in [5.74, 6) is -1.10. The van der Waals surface area contributed by atoms with Crippen LogP contribution in [0.1, 0.15) is 6.92 Å². The topological polar surface area (TPSA) is 43.8 Å². The van der Waals surface area contributed by atoms with Gasteiger partial charge in [0, 0.05) is 38.8 Å². The highest BCUT2D eigenvalue weighted by Gasteiger charge is 2.19. The first-order chi connectivity index (χ1) is 9.56. The zero-order valence-electron chi connectivity index (χ0n) is 11.6. The summed E-state index contributed by atoms with van der Waals surface area (Å²) >= 11 is 0. The van der Waals surface area contributed by atoms with Gasteiger partial charge in [-0.2, -0.15) is 0 Å². The van der Waals surface area contributed by atoms with Gasteiger partial charge in [0.15, 0.2) is 0 Å². The second-order valence-electron chi connectivity index (χ2n) is 5.04. The number of para-hydroxylation sites is 1. The van der Waals surface area contributed by atoms with Gasteiger partial charge >= 0.3 is 5.97 Å². The molecule has 1 aliphatic rings. The molecular formula is C15H19FN2O2. The summed E-state index contributed by atoms with van der Waals surface area (Å²) < 4.78 is 13.7. The van der Waals surface area contributed by atoms with E-state index >= 15 is 0 Å². The third-order valence-corrected chi connectivity index (χ3v) is 3.41. The summed E-state index contributed by atoms with van der Waals surface area (Å²) in [6.07, 6.45) is 1.24. The van der Waals surface area contributed by atoms with E-state index in [1.807, 2.05) is 17.9 Å². The third-order valence-electron chi connectivity index (χ3n) is 3.41. The van der Waals surface area contributed by atoms with Crippen molar-refractivity contribution in [3.63, 3.8) is 0 Å². The van der Waals surface area contributed by atoms with Crippen LogP contribution in [-0.2, 0) is 4.79 Å². The quantitative estimate of drug-likeness (QED) is 0.855. The third kappa shape index (κ3) is 3.81. The van der Waals surface area contributed by atoms with E-state index < -0.39 is 5.97 Å². The molecule has 0 amide bonds. The first-order valence-corrected chi connectivity index (χ1v) is 6.68. The van der Waals surface area contributed by atoms with Crippen molar-refractivity contribution in [1.82, 2.24) is 4.90 Å². The average molecular weight is 278 g/mol. The van der Waals surface area contributed by atoms with Crippen molar-refractivity contribution in [2.24, 2.45) is 0 Å². The van der Waals surface area contributed by atoms with Gasteiger partial charge in [0.05, 0.1) is 5.69 Å². The average Bonchev–Trinajstić information content (AvgIpc) is 2.39. The highest BCUT2D eigenvalue weighted by Crippen LogP contribution is 2.20. The van der Waals surface area contributed by atoms with Crippen LogP contribution in [0.3, 0.4) is 0 Å². The van der Waals surface area contributed by atoms with E-state index in [1.165, 1.54) is 12.1 Å². The van der Waals surface area contributed by atoms with Crippen LogP contribution in [0.15, 0.2) is 35.9 Å². The van der Waals surface area contributed by atoms with Crippen molar-refractivity contribution in [2.45, 2.75) is 6.92 Å². The molecule has 0 radical (unpaired) electrons. The van der Waals surface area contributed by atoms with Gasteiger partial charge in [0.1, 0.15) is 5.82 Å². The lowest BCUT2D eigenvalue weighted by Crippen LogP contribution is -2.47. The second kappa shape index (κ2) is 6.52. The molecule has 0 aliphatic carbocycles. The zero-order valence-corrected chi connectivity index (χ0v) is 11.6. The van der Waals surface area contributed by atoms with Gasteiger partial charge in [-0.1, -0.05) is 17.7 Å². The number of hydrogen-bond acceptors (Lipinski definition) is 3. The summed E-state index contributed by atoms with van der Waals surface area (Å²) in [4.78, 5) is 14.8. The monoisotopic (exact) mass is 278 g/mol. The van der Waals surface area contributed by atoms with Gasteiger partial charge in [-0.15, -0.1) is 0 Å². The largest absolute Gasteiger partial charge is 0.478 e. The highest BCUT2D eigenvalue weighted by molar-refractivity contribution is 5.80. The molecule has 0 atom stereocenters. The summed E-state index contributed by atoms with van der Waals surface area (Å²) in [6, 6.07) is 6.79. The molecule has 0 saturated carbocycles. The van der Waals surface area contributed by atoms with E-state index in [2.05, 4.69) is 4.90 Å². The van der Waals surface area contributed by atoms with Gasteiger partial charge in [-0.25, -0.2) is 9.18 Å². The Labute approximate surface area is 118 Å². The fourth-order valence-corrected chi connectivity index (χ4v) is 2.46. The number of nitrogens with zero attached hydrogens (tertiary/aromatic N) is 2. The van der Waals surface area contributed by atoms with Crippen LogP contribution in [0.4, 0.5) is 10.1 Å². The molecule has 0 unspecified atom stereocenters. The fourth-order valence-electron chi connectivity index (χ4n) is 2.46. The van der Waals surface area contributed by atoms with Crippen molar-refractivity contribution < 1.29 is 14.3 Å². The minimum Gasteiger partial charge on any atom is -0.478 e. The van der Waals surface area contributed by atoms with Crippen molar-refractivity contribution in [3.8, 4) is 0 Å². The number of carbonyl (C=O) groups is 1. The molecule has 4 nitrogen and oxygen atoms in total. The predicted octanol–water partition coefficient (Wildman–Crippen LogP) is 1.98. The maximum absolute atomic E-state index is 13.7. The first kappa shape index (κ1) is 14.5. The Balaban J connectivity index is 1.90. The molecule has 1 fully saturated rings. The summed E-state index contributed by atoms with van der Waals surface area (Å²) in [5.41, 5.74) is 1.47. The molecule has 20 heavy (non-hydrogen) atoms. The molecule has 1 aromatic carbocycles. The maximum atomic E-state index is 13.7. The van der Waals surface area contributed by atoms with Gasteiger partial charge in [-0.3, -0.25) is 4.90 Å². The van der Waals surface area contributed by atoms with Crippen LogP contribution >= 0.6 is 0 Å². The number of piperazine rings is 1. The molecule has 1 aromatic rings. The lowest BCUT2D eigenvalue weighted by molar-refractivity contribution is -0.131. The minimum atomic E-state index is -0.910. The summed E-state index contributed by atoms with van der Waals surface area (Å²) in [7, 11) is 0. The number of halogens is 1. The maximum Gasteiger partial charge on any atom is 0.328 e. The van der Waals surface area contributed by atoms with Crippen LogP contribution in [0.25, 0.3) is 0 Å². The number of anilines is 1.